The molecule has 0 unspecified atom stereocenters. The van der Waals surface area contributed by atoms with Crippen molar-refractivity contribution in [1.29, 1.82) is 0 Å². The molecular formula is C10H18N4. The zero-order valence-electron chi connectivity index (χ0n) is 8.74. The molecule has 0 aromatic carbocycles. The summed E-state index contributed by atoms with van der Waals surface area (Å²) in [5.74, 6) is 0. The Morgan fingerprint density at radius 1 is 1.43 bits per heavy atom. The average molecular weight is 194 g/mol. The van der Waals surface area contributed by atoms with E-state index < -0.39 is 0 Å². The van der Waals surface area contributed by atoms with Gasteiger partial charge in [-0.15, -0.1) is 5.10 Å². The molecule has 4 heteroatoms. The number of hydrogen-bond donors (Lipinski definition) is 1. The number of rotatable bonds is 3. The number of nitrogens with zero attached hydrogens (tertiary/aromatic N) is 3. The molecule has 1 fully saturated rings. The van der Waals surface area contributed by atoms with Crippen molar-refractivity contribution < 1.29 is 0 Å². The van der Waals surface area contributed by atoms with Crippen molar-refractivity contribution >= 4 is 0 Å². The van der Waals surface area contributed by atoms with Crippen LogP contribution in [0.1, 0.15) is 43.8 Å². The maximum absolute atomic E-state index is 4.19. The highest BCUT2D eigenvalue weighted by atomic mass is 15.4. The summed E-state index contributed by atoms with van der Waals surface area (Å²) >= 11 is 0. The molecule has 1 N–H and O–H groups in total. The van der Waals surface area contributed by atoms with Crippen molar-refractivity contribution in [1.82, 2.24) is 20.3 Å². The molecule has 0 aliphatic heterocycles. The highest BCUT2D eigenvalue weighted by Gasteiger charge is 2.16. The second kappa shape index (κ2) is 4.55. The fraction of sp³-hybridized carbons (Fsp3) is 0.800. The molecule has 0 spiro atoms. The van der Waals surface area contributed by atoms with Gasteiger partial charge >= 0.3 is 0 Å². The minimum atomic E-state index is 0.599. The van der Waals surface area contributed by atoms with E-state index in [4.69, 9.17) is 0 Å². The Hall–Kier alpha value is -0.900. The molecule has 1 aliphatic rings. The molecule has 0 saturated heterocycles. The molecule has 0 amide bonds. The minimum absolute atomic E-state index is 0.599. The van der Waals surface area contributed by atoms with Gasteiger partial charge in [0.1, 0.15) is 0 Å². The van der Waals surface area contributed by atoms with Crippen molar-refractivity contribution in [3.8, 4) is 0 Å². The molecule has 1 heterocycles. The van der Waals surface area contributed by atoms with Gasteiger partial charge in [-0.05, 0) is 19.9 Å². The van der Waals surface area contributed by atoms with Crippen LogP contribution < -0.4 is 5.32 Å². The summed E-state index contributed by atoms with van der Waals surface area (Å²) in [5, 5.41) is 11.4. The summed E-state index contributed by atoms with van der Waals surface area (Å²) in [7, 11) is 1.93. The summed E-state index contributed by atoms with van der Waals surface area (Å²) in [6, 6.07) is 0.599. The molecule has 0 atom stereocenters. The molecule has 78 valence electrons. The molecule has 0 bridgehead atoms. The van der Waals surface area contributed by atoms with E-state index in [2.05, 4.69) is 21.8 Å². The van der Waals surface area contributed by atoms with Gasteiger partial charge in [0.05, 0.1) is 17.9 Å². The smallest absolute Gasteiger partial charge is 0.0964 e. The zero-order valence-corrected chi connectivity index (χ0v) is 8.74. The average Bonchev–Trinajstić information content (AvgIpc) is 2.68. The van der Waals surface area contributed by atoms with E-state index in [-0.39, 0.29) is 0 Å². The van der Waals surface area contributed by atoms with Gasteiger partial charge in [0.25, 0.3) is 0 Å². The van der Waals surface area contributed by atoms with E-state index in [1.165, 1.54) is 32.1 Å². The molecule has 1 aliphatic carbocycles. The van der Waals surface area contributed by atoms with Crippen molar-refractivity contribution in [3.05, 3.63) is 11.9 Å². The molecule has 1 aromatic heterocycles. The Labute approximate surface area is 84.7 Å². The second-order valence-corrected chi connectivity index (χ2v) is 4.01. The first-order valence-corrected chi connectivity index (χ1v) is 5.45. The van der Waals surface area contributed by atoms with Crippen LogP contribution in [0.4, 0.5) is 0 Å². The third-order valence-corrected chi connectivity index (χ3v) is 2.86. The van der Waals surface area contributed by atoms with Crippen LogP contribution in [0.5, 0.6) is 0 Å². The van der Waals surface area contributed by atoms with Gasteiger partial charge in [-0.1, -0.05) is 24.5 Å². The summed E-state index contributed by atoms with van der Waals surface area (Å²) in [5.41, 5.74) is 1.04. The largest absolute Gasteiger partial charge is 0.314 e. The lowest BCUT2D eigenvalue weighted by atomic mass is 9.96. The lowest BCUT2D eigenvalue weighted by molar-refractivity contribution is 0.324. The lowest BCUT2D eigenvalue weighted by Crippen LogP contribution is -2.13. The Bertz CT molecular complexity index is 275. The Morgan fingerprint density at radius 2 is 2.21 bits per heavy atom. The van der Waals surface area contributed by atoms with E-state index in [0.29, 0.717) is 6.04 Å². The number of aromatic nitrogens is 3. The van der Waals surface area contributed by atoms with E-state index in [0.717, 1.165) is 12.2 Å². The van der Waals surface area contributed by atoms with Gasteiger partial charge in [-0.3, -0.25) is 0 Å². The second-order valence-electron chi connectivity index (χ2n) is 4.01. The van der Waals surface area contributed by atoms with Crippen molar-refractivity contribution in [2.24, 2.45) is 0 Å². The summed E-state index contributed by atoms with van der Waals surface area (Å²) in [6.07, 6.45) is 8.67. The van der Waals surface area contributed by atoms with Crippen LogP contribution in [0.15, 0.2) is 6.20 Å². The summed E-state index contributed by atoms with van der Waals surface area (Å²) < 4.78 is 2.05. The van der Waals surface area contributed by atoms with Crippen LogP contribution in [0.2, 0.25) is 0 Å². The highest BCUT2D eigenvalue weighted by molar-refractivity contribution is 4.92. The molecule has 1 aromatic rings. The Morgan fingerprint density at radius 3 is 2.93 bits per heavy atom. The first-order valence-electron chi connectivity index (χ1n) is 5.45. The van der Waals surface area contributed by atoms with Crippen LogP contribution in [0.25, 0.3) is 0 Å². The standard InChI is InChI=1S/C10H18N4/c1-11-7-9-8-14(13-12-9)10-5-3-2-4-6-10/h8,10-11H,2-7H2,1H3. The minimum Gasteiger partial charge on any atom is -0.314 e. The van der Waals surface area contributed by atoms with E-state index in [9.17, 15) is 0 Å². The van der Waals surface area contributed by atoms with E-state index in [1.54, 1.807) is 0 Å². The van der Waals surface area contributed by atoms with Crippen molar-refractivity contribution in [2.75, 3.05) is 7.05 Å². The lowest BCUT2D eigenvalue weighted by Gasteiger charge is -2.20. The summed E-state index contributed by atoms with van der Waals surface area (Å²) in [6.45, 7) is 0.812. The normalized spacial score (nSPS) is 18.6. The van der Waals surface area contributed by atoms with Crippen LogP contribution in [-0.4, -0.2) is 22.0 Å². The van der Waals surface area contributed by atoms with Crippen LogP contribution in [-0.2, 0) is 6.54 Å². The first kappa shape index (κ1) is 9.65. The Balaban J connectivity index is 2.00. The van der Waals surface area contributed by atoms with Gasteiger partial charge in [-0.2, -0.15) is 0 Å². The van der Waals surface area contributed by atoms with E-state index >= 15 is 0 Å². The van der Waals surface area contributed by atoms with Gasteiger partial charge in [0.2, 0.25) is 0 Å². The van der Waals surface area contributed by atoms with Crippen molar-refractivity contribution in [2.45, 2.75) is 44.7 Å². The van der Waals surface area contributed by atoms with Crippen LogP contribution >= 0.6 is 0 Å². The molecular weight excluding hydrogens is 176 g/mol. The van der Waals surface area contributed by atoms with Gasteiger partial charge in [0.15, 0.2) is 0 Å². The molecule has 0 radical (unpaired) electrons. The summed E-state index contributed by atoms with van der Waals surface area (Å²) in [4.78, 5) is 0. The predicted octanol–water partition coefficient (Wildman–Crippen LogP) is 1.50. The number of nitrogens with one attached hydrogen (secondary N) is 1. The van der Waals surface area contributed by atoms with Gasteiger partial charge in [0, 0.05) is 6.54 Å². The fourth-order valence-corrected chi connectivity index (χ4v) is 2.10. The Kier molecular flexibility index (Phi) is 3.14. The molecule has 14 heavy (non-hydrogen) atoms. The topological polar surface area (TPSA) is 42.7 Å². The van der Waals surface area contributed by atoms with E-state index in [1.807, 2.05) is 11.7 Å². The number of hydrogen-bond acceptors (Lipinski definition) is 3. The SMILES string of the molecule is CNCc1cn(C2CCCCC2)nn1. The maximum atomic E-state index is 4.19. The quantitative estimate of drug-likeness (QED) is 0.793. The first-order chi connectivity index (χ1) is 6.90. The zero-order chi connectivity index (χ0) is 9.80. The molecule has 2 rings (SSSR count). The van der Waals surface area contributed by atoms with Gasteiger partial charge in [-0.25, -0.2) is 4.68 Å². The maximum Gasteiger partial charge on any atom is 0.0964 e. The monoisotopic (exact) mass is 194 g/mol. The molecule has 1 saturated carbocycles. The van der Waals surface area contributed by atoms with Crippen LogP contribution in [0, 0.1) is 0 Å². The molecule has 4 nitrogen and oxygen atoms in total. The highest BCUT2D eigenvalue weighted by Crippen LogP contribution is 2.27. The predicted molar refractivity (Wildman–Crippen MR) is 54.9 cm³/mol. The third-order valence-electron chi connectivity index (χ3n) is 2.86. The van der Waals surface area contributed by atoms with Crippen LogP contribution in [0.3, 0.4) is 0 Å². The van der Waals surface area contributed by atoms with Crippen molar-refractivity contribution in [3.63, 3.8) is 0 Å². The fourth-order valence-electron chi connectivity index (χ4n) is 2.10. The van der Waals surface area contributed by atoms with Gasteiger partial charge < -0.3 is 5.32 Å². The third kappa shape index (κ3) is 2.12.